The Labute approximate surface area is 176 Å². The normalized spacial score (nSPS) is 14.2. The Kier molecular flexibility index (Phi) is 7.08. The van der Waals surface area contributed by atoms with E-state index in [4.69, 9.17) is 4.74 Å². The number of likely N-dealkylation sites (N-methyl/N-ethyl adjacent to an activating group) is 1. The third kappa shape index (κ3) is 5.25. The van der Waals surface area contributed by atoms with Crippen LogP contribution in [0.25, 0.3) is 0 Å². The molecule has 2 heterocycles. The van der Waals surface area contributed by atoms with Gasteiger partial charge >= 0.3 is 5.97 Å². The van der Waals surface area contributed by atoms with Crippen LogP contribution in [-0.4, -0.2) is 47.3 Å². The van der Waals surface area contributed by atoms with Crippen molar-refractivity contribution >= 4 is 28.2 Å². The molecule has 0 saturated heterocycles. The Hall–Kier alpha value is -2.19. The zero-order chi connectivity index (χ0) is 21.0. The number of anilines is 1. The first-order valence-corrected chi connectivity index (χ1v) is 10.9. The Morgan fingerprint density at radius 2 is 2.00 bits per heavy atom. The molecule has 0 atom stereocenters. The number of nitrogens with zero attached hydrogens (tertiary/aromatic N) is 3. The molecule has 0 fully saturated rings. The molecular weight excluding hydrogens is 388 g/mol. The molecule has 2 aromatic heterocycles. The molecule has 1 aliphatic rings. The van der Waals surface area contributed by atoms with Crippen LogP contribution in [0.4, 0.5) is 5.00 Å². The number of aryl methyl sites for hydroxylation is 3. The van der Waals surface area contributed by atoms with E-state index >= 15 is 0 Å². The zero-order valence-electron chi connectivity index (χ0n) is 17.7. The molecule has 0 spiro atoms. The van der Waals surface area contributed by atoms with Crippen LogP contribution in [0.1, 0.15) is 57.7 Å². The van der Waals surface area contributed by atoms with Gasteiger partial charge in [0.2, 0.25) is 5.91 Å². The van der Waals surface area contributed by atoms with Gasteiger partial charge in [-0.05, 0) is 45.2 Å². The zero-order valence-corrected chi connectivity index (χ0v) is 18.5. The number of carbonyl (C=O) groups is 2. The summed E-state index contributed by atoms with van der Waals surface area (Å²) in [5.74, 6) is -0.494. The van der Waals surface area contributed by atoms with Crippen LogP contribution in [0.5, 0.6) is 0 Å². The number of carbonyl (C=O) groups excluding carboxylic acids is 2. The lowest BCUT2D eigenvalue weighted by Crippen LogP contribution is -2.30. The molecule has 0 bridgehead atoms. The van der Waals surface area contributed by atoms with E-state index in [0.717, 1.165) is 42.5 Å². The number of aromatic nitrogens is 2. The summed E-state index contributed by atoms with van der Waals surface area (Å²) in [5, 5.41) is 7.94. The van der Waals surface area contributed by atoms with Gasteiger partial charge in [0.1, 0.15) is 5.00 Å². The van der Waals surface area contributed by atoms with Crippen molar-refractivity contribution in [1.29, 1.82) is 0 Å². The summed E-state index contributed by atoms with van der Waals surface area (Å²) in [6.45, 7) is 2.84. The number of hydrogen-bond donors (Lipinski definition) is 1. The highest BCUT2D eigenvalue weighted by Crippen LogP contribution is 2.37. The highest BCUT2D eigenvalue weighted by Gasteiger charge is 2.26. The molecule has 0 aliphatic heterocycles. The Morgan fingerprint density at radius 3 is 2.66 bits per heavy atom. The van der Waals surface area contributed by atoms with Gasteiger partial charge in [0.15, 0.2) is 0 Å². The van der Waals surface area contributed by atoms with Gasteiger partial charge in [-0.2, -0.15) is 5.10 Å². The van der Waals surface area contributed by atoms with Crippen LogP contribution < -0.4 is 5.32 Å². The van der Waals surface area contributed by atoms with Crippen molar-refractivity contribution in [2.75, 3.05) is 26.0 Å². The number of thiophene rings is 1. The van der Waals surface area contributed by atoms with Crippen LogP contribution in [0.2, 0.25) is 0 Å². The maximum atomic E-state index is 12.7. The van der Waals surface area contributed by atoms with Crippen molar-refractivity contribution < 1.29 is 14.3 Å². The highest BCUT2D eigenvalue weighted by molar-refractivity contribution is 7.17. The molecule has 0 saturated carbocycles. The van der Waals surface area contributed by atoms with Crippen LogP contribution in [0.15, 0.2) is 6.20 Å². The second-order valence-electron chi connectivity index (χ2n) is 7.75. The van der Waals surface area contributed by atoms with Gasteiger partial charge in [-0.1, -0.05) is 12.8 Å². The predicted molar refractivity (Wildman–Crippen MR) is 114 cm³/mol. The third-order valence-electron chi connectivity index (χ3n) is 5.28. The van der Waals surface area contributed by atoms with Gasteiger partial charge < -0.3 is 10.1 Å². The lowest BCUT2D eigenvalue weighted by Gasteiger charge is -2.16. The van der Waals surface area contributed by atoms with Crippen LogP contribution >= 0.6 is 11.3 Å². The summed E-state index contributed by atoms with van der Waals surface area (Å²) in [6.07, 6.45) is 8.37. The van der Waals surface area contributed by atoms with Crippen molar-refractivity contribution in [3.63, 3.8) is 0 Å². The number of fused-ring (bicyclic) bond motifs is 1. The van der Waals surface area contributed by atoms with Crippen LogP contribution in [-0.2, 0) is 36.0 Å². The largest absolute Gasteiger partial charge is 0.465 e. The summed E-state index contributed by atoms with van der Waals surface area (Å²) >= 11 is 1.53. The van der Waals surface area contributed by atoms with Gasteiger partial charge in [0.05, 0.1) is 24.9 Å². The standard InChI is InChI=1S/C21H30N4O3S/c1-14-15(12-25(3)23-14)11-24(2)13-18(26)22-20-19(21(27)28-4)16-9-7-5-6-8-10-17(16)29-20/h12H,5-11,13H2,1-4H3,(H,22,26). The lowest BCUT2D eigenvalue weighted by molar-refractivity contribution is -0.117. The van der Waals surface area contributed by atoms with Gasteiger partial charge in [-0.15, -0.1) is 11.3 Å². The summed E-state index contributed by atoms with van der Waals surface area (Å²) < 4.78 is 6.81. The monoisotopic (exact) mass is 418 g/mol. The van der Waals surface area contributed by atoms with Crippen molar-refractivity contribution in [2.24, 2.45) is 7.05 Å². The first kappa shape index (κ1) is 21.5. The second kappa shape index (κ2) is 9.54. The number of rotatable bonds is 6. The Balaban J connectivity index is 1.72. The molecule has 0 aromatic carbocycles. The van der Waals surface area contributed by atoms with E-state index in [1.54, 1.807) is 4.68 Å². The molecular formula is C21H30N4O3S. The van der Waals surface area contributed by atoms with Gasteiger partial charge in [-0.3, -0.25) is 14.4 Å². The van der Waals surface area contributed by atoms with E-state index in [1.807, 2.05) is 32.1 Å². The smallest absolute Gasteiger partial charge is 0.341 e. The predicted octanol–water partition coefficient (Wildman–Crippen LogP) is 3.31. The van der Waals surface area contributed by atoms with Crippen molar-refractivity contribution in [1.82, 2.24) is 14.7 Å². The highest BCUT2D eigenvalue weighted by atomic mass is 32.1. The number of nitrogens with one attached hydrogen (secondary N) is 1. The lowest BCUT2D eigenvalue weighted by atomic mass is 9.96. The van der Waals surface area contributed by atoms with E-state index in [-0.39, 0.29) is 18.4 Å². The van der Waals surface area contributed by atoms with E-state index in [0.29, 0.717) is 17.1 Å². The summed E-state index contributed by atoms with van der Waals surface area (Å²) in [7, 11) is 5.19. The Morgan fingerprint density at radius 1 is 1.28 bits per heavy atom. The van der Waals surface area contributed by atoms with E-state index < -0.39 is 0 Å². The number of ether oxygens (including phenoxy) is 1. The topological polar surface area (TPSA) is 76.5 Å². The SMILES string of the molecule is COC(=O)c1c(NC(=O)CN(C)Cc2cn(C)nc2C)sc2c1CCCCCC2. The van der Waals surface area contributed by atoms with Gasteiger partial charge in [0, 0.05) is 30.2 Å². The minimum atomic E-state index is -0.363. The van der Waals surface area contributed by atoms with Crippen LogP contribution in [0, 0.1) is 6.92 Å². The first-order chi connectivity index (χ1) is 13.9. The molecule has 29 heavy (non-hydrogen) atoms. The van der Waals surface area contributed by atoms with Crippen molar-refractivity contribution in [3.05, 3.63) is 33.5 Å². The minimum absolute atomic E-state index is 0.131. The van der Waals surface area contributed by atoms with E-state index in [2.05, 4.69) is 10.4 Å². The van der Waals surface area contributed by atoms with Gasteiger partial charge in [-0.25, -0.2) is 4.79 Å². The van der Waals surface area contributed by atoms with Gasteiger partial charge in [0.25, 0.3) is 0 Å². The fourth-order valence-corrected chi connectivity index (χ4v) is 5.18. The second-order valence-corrected chi connectivity index (χ2v) is 8.85. The molecule has 158 valence electrons. The fourth-order valence-electron chi connectivity index (χ4n) is 3.89. The molecule has 0 unspecified atom stereocenters. The summed E-state index contributed by atoms with van der Waals surface area (Å²) in [5.41, 5.74) is 3.67. The molecule has 1 amide bonds. The molecule has 1 aliphatic carbocycles. The minimum Gasteiger partial charge on any atom is -0.465 e. The maximum Gasteiger partial charge on any atom is 0.341 e. The van der Waals surface area contributed by atoms with Crippen molar-refractivity contribution in [2.45, 2.75) is 52.0 Å². The molecule has 0 radical (unpaired) electrons. The number of hydrogen-bond acceptors (Lipinski definition) is 6. The fraction of sp³-hybridized carbons (Fsp3) is 0.571. The third-order valence-corrected chi connectivity index (χ3v) is 6.49. The maximum absolute atomic E-state index is 12.7. The molecule has 7 nitrogen and oxygen atoms in total. The number of esters is 1. The van der Waals surface area contributed by atoms with Crippen LogP contribution in [0.3, 0.4) is 0 Å². The number of methoxy groups -OCH3 is 1. The van der Waals surface area contributed by atoms with Crippen molar-refractivity contribution in [3.8, 4) is 0 Å². The average molecular weight is 419 g/mol. The summed E-state index contributed by atoms with van der Waals surface area (Å²) in [4.78, 5) is 28.3. The molecule has 2 aromatic rings. The first-order valence-electron chi connectivity index (χ1n) is 10.1. The summed E-state index contributed by atoms with van der Waals surface area (Å²) in [6, 6.07) is 0. The number of amides is 1. The van der Waals surface area contributed by atoms with E-state index in [1.165, 1.54) is 36.2 Å². The average Bonchev–Trinajstić information content (AvgIpc) is 3.12. The molecule has 8 heteroatoms. The molecule has 3 rings (SSSR count). The quantitative estimate of drug-likeness (QED) is 0.729. The molecule has 1 N–H and O–H groups in total. The van der Waals surface area contributed by atoms with E-state index in [9.17, 15) is 9.59 Å². The Bertz CT molecular complexity index is 887.